The van der Waals surface area contributed by atoms with E-state index in [1.165, 1.54) is 49.6 Å². The van der Waals surface area contributed by atoms with Gasteiger partial charge in [-0.3, -0.25) is 5.32 Å². The lowest BCUT2D eigenvalue weighted by Gasteiger charge is -2.40. The van der Waals surface area contributed by atoms with Gasteiger partial charge in [-0.25, -0.2) is 4.79 Å². The summed E-state index contributed by atoms with van der Waals surface area (Å²) in [5.41, 5.74) is -2.97. The van der Waals surface area contributed by atoms with Crippen LogP contribution >= 0.6 is 0 Å². The third kappa shape index (κ3) is 2.28. The van der Waals surface area contributed by atoms with Crippen LogP contribution in [0.25, 0.3) is 0 Å². The molecule has 0 radical (unpaired) electrons. The van der Waals surface area contributed by atoms with Crippen LogP contribution in [0.2, 0.25) is 0 Å². The van der Waals surface area contributed by atoms with Crippen molar-refractivity contribution in [1.29, 1.82) is 0 Å². The molecule has 23 heavy (non-hydrogen) atoms. The minimum atomic E-state index is -4.77. The molecule has 1 aliphatic rings. The lowest BCUT2D eigenvalue weighted by atomic mass is 9.80. The van der Waals surface area contributed by atoms with Gasteiger partial charge in [0.1, 0.15) is 11.5 Å². The number of fused-ring (bicyclic) bond motifs is 1. The molecule has 2 aromatic rings. The Morgan fingerprint density at radius 3 is 2.43 bits per heavy atom. The molecule has 0 fully saturated rings. The molecule has 2 aromatic carbocycles. The van der Waals surface area contributed by atoms with Gasteiger partial charge < -0.3 is 9.47 Å². The number of carbonyl (C=O) groups excluding carboxylic acids is 1. The number of halogens is 3. The highest BCUT2D eigenvalue weighted by Crippen LogP contribution is 2.49. The van der Waals surface area contributed by atoms with E-state index in [1.807, 2.05) is 5.32 Å². The summed E-state index contributed by atoms with van der Waals surface area (Å²) in [6, 6.07) is 11.1. The standard InChI is InChI=1S/C16H12F3NO3/c1-22-11-7-8-12-13(9-11)23-14(21)20-15(12,16(17,18)19)10-5-3-2-4-6-10/h2-9H,1H3,(H,20,21)/t15-/m0/s1. The summed E-state index contributed by atoms with van der Waals surface area (Å²) in [6.45, 7) is 0. The summed E-state index contributed by atoms with van der Waals surface area (Å²) in [7, 11) is 1.37. The second-order valence-corrected chi connectivity index (χ2v) is 4.99. The number of carbonyl (C=O) groups is 1. The van der Waals surface area contributed by atoms with E-state index in [9.17, 15) is 18.0 Å². The summed E-state index contributed by atoms with van der Waals surface area (Å²) in [5, 5.41) is 1.95. The van der Waals surface area contributed by atoms with Crippen molar-refractivity contribution in [3.63, 3.8) is 0 Å². The second kappa shape index (κ2) is 5.19. The topological polar surface area (TPSA) is 47.6 Å². The van der Waals surface area contributed by atoms with Crippen LogP contribution in [-0.2, 0) is 5.54 Å². The van der Waals surface area contributed by atoms with Gasteiger partial charge >= 0.3 is 12.3 Å². The van der Waals surface area contributed by atoms with Crippen LogP contribution in [-0.4, -0.2) is 19.4 Å². The molecule has 0 spiro atoms. The minimum Gasteiger partial charge on any atom is -0.497 e. The highest BCUT2D eigenvalue weighted by Gasteiger charge is 2.61. The molecule has 0 aromatic heterocycles. The van der Waals surface area contributed by atoms with E-state index in [-0.39, 0.29) is 16.9 Å². The Morgan fingerprint density at radius 1 is 1.13 bits per heavy atom. The molecule has 1 aliphatic heterocycles. The van der Waals surface area contributed by atoms with Crippen molar-refractivity contribution in [2.24, 2.45) is 0 Å². The largest absolute Gasteiger partial charge is 0.497 e. The molecule has 0 bridgehead atoms. The van der Waals surface area contributed by atoms with Gasteiger partial charge in [-0.1, -0.05) is 30.3 Å². The second-order valence-electron chi connectivity index (χ2n) is 4.99. The monoisotopic (exact) mass is 323 g/mol. The Bertz CT molecular complexity index is 746. The summed E-state index contributed by atoms with van der Waals surface area (Å²) in [4.78, 5) is 11.8. The van der Waals surface area contributed by atoms with Crippen LogP contribution < -0.4 is 14.8 Å². The Hall–Kier alpha value is -2.70. The molecule has 7 heteroatoms. The quantitative estimate of drug-likeness (QED) is 0.918. The third-order valence-corrected chi connectivity index (χ3v) is 3.72. The fourth-order valence-corrected chi connectivity index (χ4v) is 2.67. The van der Waals surface area contributed by atoms with Crippen molar-refractivity contribution in [2.45, 2.75) is 11.7 Å². The minimum absolute atomic E-state index is 0.101. The molecule has 1 heterocycles. The van der Waals surface area contributed by atoms with E-state index < -0.39 is 17.8 Å². The fourth-order valence-electron chi connectivity index (χ4n) is 2.67. The van der Waals surface area contributed by atoms with Crippen LogP contribution in [0.4, 0.5) is 18.0 Å². The molecule has 4 nitrogen and oxygen atoms in total. The first-order chi connectivity index (χ1) is 10.9. The van der Waals surface area contributed by atoms with Gasteiger partial charge in [0.2, 0.25) is 0 Å². The molecule has 120 valence electrons. The van der Waals surface area contributed by atoms with E-state index in [4.69, 9.17) is 9.47 Å². The van der Waals surface area contributed by atoms with Gasteiger partial charge in [-0.05, 0) is 17.7 Å². The van der Waals surface area contributed by atoms with Crippen LogP contribution in [0.3, 0.4) is 0 Å². The van der Waals surface area contributed by atoms with Gasteiger partial charge in [0.25, 0.3) is 0 Å². The van der Waals surface area contributed by atoms with Crippen molar-refractivity contribution in [2.75, 3.05) is 7.11 Å². The van der Waals surface area contributed by atoms with Crippen LogP contribution in [0, 0.1) is 0 Å². The van der Waals surface area contributed by atoms with E-state index in [0.29, 0.717) is 5.75 Å². The van der Waals surface area contributed by atoms with Crippen molar-refractivity contribution < 1.29 is 27.4 Å². The number of hydrogen-bond donors (Lipinski definition) is 1. The van der Waals surface area contributed by atoms with E-state index in [0.717, 1.165) is 0 Å². The average Bonchev–Trinajstić information content (AvgIpc) is 2.53. The van der Waals surface area contributed by atoms with Crippen molar-refractivity contribution in [1.82, 2.24) is 5.32 Å². The molecule has 1 amide bonds. The van der Waals surface area contributed by atoms with Crippen molar-refractivity contribution >= 4 is 6.09 Å². The number of amides is 1. The molecular formula is C16H12F3NO3. The molecule has 0 saturated carbocycles. The van der Waals surface area contributed by atoms with E-state index in [1.54, 1.807) is 6.07 Å². The van der Waals surface area contributed by atoms with Gasteiger partial charge in [0, 0.05) is 11.6 Å². The Labute approximate surface area is 129 Å². The number of methoxy groups -OCH3 is 1. The molecular weight excluding hydrogens is 311 g/mol. The summed E-state index contributed by atoms with van der Waals surface area (Å²) in [6.07, 6.45) is -5.94. The van der Waals surface area contributed by atoms with Gasteiger partial charge in [0.05, 0.1) is 7.11 Å². The molecule has 1 N–H and O–H groups in total. The van der Waals surface area contributed by atoms with E-state index >= 15 is 0 Å². The molecule has 0 aliphatic carbocycles. The lowest BCUT2D eigenvalue weighted by Crippen LogP contribution is -2.60. The Balaban J connectivity index is 2.32. The first kappa shape index (κ1) is 15.2. The first-order valence-corrected chi connectivity index (χ1v) is 6.69. The predicted octanol–water partition coefficient (Wildman–Crippen LogP) is 3.60. The zero-order valence-electron chi connectivity index (χ0n) is 12.0. The van der Waals surface area contributed by atoms with Gasteiger partial charge in [-0.2, -0.15) is 13.2 Å². The predicted molar refractivity (Wildman–Crippen MR) is 75.4 cm³/mol. The number of ether oxygens (including phenoxy) is 2. The number of nitrogens with one attached hydrogen (secondary N) is 1. The Morgan fingerprint density at radius 2 is 1.83 bits per heavy atom. The summed E-state index contributed by atoms with van der Waals surface area (Å²) in [5.74, 6) is 0.108. The van der Waals surface area contributed by atoms with Gasteiger partial charge in [-0.15, -0.1) is 0 Å². The van der Waals surface area contributed by atoms with Crippen molar-refractivity contribution in [3.05, 3.63) is 59.7 Å². The highest BCUT2D eigenvalue weighted by atomic mass is 19.4. The van der Waals surface area contributed by atoms with Crippen LogP contribution in [0.1, 0.15) is 11.1 Å². The maximum Gasteiger partial charge on any atom is 0.420 e. The molecule has 1 atom stereocenters. The summed E-state index contributed by atoms with van der Waals surface area (Å²) < 4.78 is 51.9. The molecule has 0 saturated heterocycles. The third-order valence-electron chi connectivity index (χ3n) is 3.72. The van der Waals surface area contributed by atoms with Crippen LogP contribution in [0.15, 0.2) is 48.5 Å². The lowest BCUT2D eigenvalue weighted by molar-refractivity contribution is -0.187. The van der Waals surface area contributed by atoms with Gasteiger partial charge in [0.15, 0.2) is 5.54 Å². The molecule has 0 unspecified atom stereocenters. The Kier molecular flexibility index (Phi) is 3.43. The zero-order chi connectivity index (χ0) is 16.7. The highest BCUT2D eigenvalue weighted by molar-refractivity contribution is 5.77. The maximum atomic E-state index is 14.0. The fraction of sp³-hybridized carbons (Fsp3) is 0.188. The number of alkyl halides is 3. The zero-order valence-corrected chi connectivity index (χ0v) is 12.0. The first-order valence-electron chi connectivity index (χ1n) is 6.69. The average molecular weight is 323 g/mol. The smallest absolute Gasteiger partial charge is 0.420 e. The van der Waals surface area contributed by atoms with E-state index in [2.05, 4.69) is 0 Å². The summed E-state index contributed by atoms with van der Waals surface area (Å²) >= 11 is 0. The number of rotatable bonds is 2. The SMILES string of the molecule is COc1ccc2c(c1)OC(=O)N[C@]2(c1ccccc1)C(F)(F)F. The van der Waals surface area contributed by atoms with Crippen LogP contribution in [0.5, 0.6) is 11.5 Å². The number of benzene rings is 2. The maximum absolute atomic E-state index is 14.0. The number of hydrogen-bond acceptors (Lipinski definition) is 3. The normalized spacial score (nSPS) is 20.3. The molecule has 3 rings (SSSR count). The van der Waals surface area contributed by atoms with Crippen molar-refractivity contribution in [3.8, 4) is 11.5 Å².